The van der Waals surface area contributed by atoms with Crippen LogP contribution in [0.4, 0.5) is 4.39 Å². The maximum atomic E-state index is 14.2. The SMILES string of the molecule is CCS(=O)(=O)c1ccc(Oc2cc3[nH]c(-c4ccccn4)nc3cc2Oc2cccnc2F)cn1. The minimum absolute atomic E-state index is 0.0507. The van der Waals surface area contributed by atoms with Gasteiger partial charge in [0, 0.05) is 24.5 Å². The number of benzene rings is 1. The van der Waals surface area contributed by atoms with Gasteiger partial charge in [0.1, 0.15) is 11.4 Å². The molecule has 35 heavy (non-hydrogen) atoms. The van der Waals surface area contributed by atoms with Gasteiger partial charge in [-0.3, -0.25) is 4.98 Å². The number of aromatic nitrogens is 5. The number of ether oxygens (including phenoxy) is 2. The molecule has 0 spiro atoms. The van der Waals surface area contributed by atoms with Gasteiger partial charge in [-0.15, -0.1) is 0 Å². The molecule has 9 nitrogen and oxygen atoms in total. The molecule has 1 aromatic carbocycles. The first kappa shape index (κ1) is 22.4. The fraction of sp³-hybridized carbons (Fsp3) is 0.0833. The molecule has 0 amide bonds. The van der Waals surface area contributed by atoms with Crippen molar-refractivity contribution in [2.24, 2.45) is 0 Å². The van der Waals surface area contributed by atoms with E-state index >= 15 is 0 Å². The van der Waals surface area contributed by atoms with E-state index in [9.17, 15) is 12.8 Å². The Morgan fingerprint density at radius 3 is 2.46 bits per heavy atom. The molecule has 0 atom stereocenters. The average molecular weight is 492 g/mol. The summed E-state index contributed by atoms with van der Waals surface area (Å²) in [5.74, 6) is 0.250. The van der Waals surface area contributed by atoms with Gasteiger partial charge in [-0.05, 0) is 36.4 Å². The minimum Gasteiger partial charge on any atom is -0.452 e. The molecule has 0 saturated heterocycles. The van der Waals surface area contributed by atoms with Crippen molar-refractivity contribution in [2.75, 3.05) is 5.75 Å². The highest BCUT2D eigenvalue weighted by Crippen LogP contribution is 2.38. The van der Waals surface area contributed by atoms with E-state index in [1.54, 1.807) is 37.4 Å². The predicted molar refractivity (Wildman–Crippen MR) is 126 cm³/mol. The van der Waals surface area contributed by atoms with Crippen LogP contribution in [0.15, 0.2) is 78.2 Å². The van der Waals surface area contributed by atoms with Gasteiger partial charge in [0.05, 0.1) is 23.0 Å². The normalized spacial score (nSPS) is 11.5. The van der Waals surface area contributed by atoms with Crippen LogP contribution in [0.5, 0.6) is 23.0 Å². The summed E-state index contributed by atoms with van der Waals surface area (Å²) in [6, 6.07) is 14.5. The molecule has 5 aromatic rings. The van der Waals surface area contributed by atoms with Crippen LogP contribution < -0.4 is 9.47 Å². The zero-order chi connectivity index (χ0) is 24.4. The van der Waals surface area contributed by atoms with Crippen molar-refractivity contribution < 1.29 is 22.3 Å². The molecular weight excluding hydrogens is 473 g/mol. The predicted octanol–water partition coefficient (Wildman–Crippen LogP) is 4.93. The summed E-state index contributed by atoms with van der Waals surface area (Å²) in [7, 11) is -3.45. The molecule has 4 heterocycles. The van der Waals surface area contributed by atoms with Crippen LogP contribution in [0.25, 0.3) is 22.6 Å². The molecule has 0 unspecified atom stereocenters. The Balaban J connectivity index is 1.56. The van der Waals surface area contributed by atoms with Crippen LogP contribution in [0.3, 0.4) is 0 Å². The summed E-state index contributed by atoms with van der Waals surface area (Å²) < 4.78 is 50.0. The lowest BCUT2D eigenvalue weighted by molar-refractivity contribution is 0.395. The number of H-pyrrole nitrogens is 1. The summed E-state index contributed by atoms with van der Waals surface area (Å²) in [6.07, 6.45) is 4.27. The maximum Gasteiger partial charge on any atom is 0.255 e. The van der Waals surface area contributed by atoms with Gasteiger partial charge in [0.25, 0.3) is 5.95 Å². The molecule has 0 saturated carbocycles. The number of rotatable bonds is 7. The minimum atomic E-state index is -3.45. The van der Waals surface area contributed by atoms with Gasteiger partial charge in [0.2, 0.25) is 0 Å². The first-order valence-electron chi connectivity index (χ1n) is 10.5. The lowest BCUT2D eigenvalue weighted by Crippen LogP contribution is -2.05. The number of fused-ring (bicyclic) bond motifs is 1. The number of aromatic amines is 1. The van der Waals surface area contributed by atoms with Crippen LogP contribution in [-0.2, 0) is 9.84 Å². The summed E-state index contributed by atoms with van der Waals surface area (Å²) in [5, 5.41) is -0.0507. The van der Waals surface area contributed by atoms with Crippen LogP contribution in [0.1, 0.15) is 6.92 Å². The average Bonchev–Trinajstić information content (AvgIpc) is 3.29. The van der Waals surface area contributed by atoms with Crippen LogP contribution in [-0.4, -0.2) is 39.1 Å². The molecule has 0 radical (unpaired) electrons. The third kappa shape index (κ3) is 4.66. The lowest BCUT2D eigenvalue weighted by Gasteiger charge is -2.13. The number of sulfone groups is 1. The molecule has 0 fully saturated rings. The highest BCUT2D eigenvalue weighted by molar-refractivity contribution is 7.91. The summed E-state index contributed by atoms with van der Waals surface area (Å²) >= 11 is 0. The van der Waals surface area contributed by atoms with Crippen molar-refractivity contribution in [2.45, 2.75) is 11.9 Å². The summed E-state index contributed by atoms with van der Waals surface area (Å²) in [5.41, 5.74) is 1.81. The largest absolute Gasteiger partial charge is 0.452 e. The van der Waals surface area contributed by atoms with E-state index in [0.717, 1.165) is 0 Å². The van der Waals surface area contributed by atoms with E-state index in [2.05, 4.69) is 24.9 Å². The Morgan fingerprint density at radius 2 is 1.74 bits per heavy atom. The van der Waals surface area contributed by atoms with Crippen molar-refractivity contribution >= 4 is 20.9 Å². The third-order valence-corrected chi connectivity index (χ3v) is 6.67. The highest BCUT2D eigenvalue weighted by atomic mass is 32.2. The fourth-order valence-electron chi connectivity index (χ4n) is 3.25. The number of hydrogen-bond donors (Lipinski definition) is 1. The Morgan fingerprint density at radius 1 is 0.914 bits per heavy atom. The van der Waals surface area contributed by atoms with Crippen molar-refractivity contribution in [1.29, 1.82) is 0 Å². The van der Waals surface area contributed by atoms with E-state index in [1.807, 2.05) is 12.1 Å². The second-order valence-corrected chi connectivity index (χ2v) is 9.57. The van der Waals surface area contributed by atoms with Gasteiger partial charge < -0.3 is 14.5 Å². The van der Waals surface area contributed by atoms with E-state index < -0.39 is 15.8 Å². The smallest absolute Gasteiger partial charge is 0.255 e. The van der Waals surface area contributed by atoms with E-state index in [1.165, 1.54) is 30.6 Å². The number of imidazole rings is 1. The number of hydrogen-bond acceptors (Lipinski definition) is 8. The zero-order valence-corrected chi connectivity index (χ0v) is 19.2. The molecule has 176 valence electrons. The molecule has 0 bridgehead atoms. The monoisotopic (exact) mass is 491 g/mol. The van der Waals surface area contributed by atoms with Crippen LogP contribution in [0, 0.1) is 5.95 Å². The zero-order valence-electron chi connectivity index (χ0n) is 18.3. The Bertz CT molecular complexity index is 1610. The van der Waals surface area contributed by atoms with Gasteiger partial charge in [-0.2, -0.15) is 4.39 Å². The van der Waals surface area contributed by atoms with E-state index in [0.29, 0.717) is 22.6 Å². The number of nitrogens with one attached hydrogen (secondary N) is 1. The fourth-order valence-corrected chi connectivity index (χ4v) is 4.04. The van der Waals surface area contributed by atoms with Crippen LogP contribution in [0.2, 0.25) is 0 Å². The number of pyridine rings is 3. The maximum absolute atomic E-state index is 14.2. The second-order valence-electron chi connectivity index (χ2n) is 7.35. The van der Waals surface area contributed by atoms with Gasteiger partial charge in [0.15, 0.2) is 37.9 Å². The molecule has 11 heteroatoms. The molecular formula is C24H18FN5O4S. The molecule has 0 aliphatic rings. The standard InChI is InChI=1S/C24H18FN5O4S/c1-2-35(31,32)22-9-8-15(14-28-22)33-20-12-17-18(30-24(29-17)16-6-3-4-10-26-16)13-21(20)34-19-7-5-11-27-23(19)25/h3-14H,2H2,1H3,(H,29,30). The first-order chi connectivity index (χ1) is 16.9. The molecule has 0 aliphatic heterocycles. The molecule has 4 aromatic heterocycles. The summed E-state index contributed by atoms with van der Waals surface area (Å²) in [6.45, 7) is 1.54. The topological polar surface area (TPSA) is 120 Å². The van der Waals surface area contributed by atoms with Gasteiger partial charge in [-0.1, -0.05) is 13.0 Å². The lowest BCUT2D eigenvalue weighted by atomic mass is 10.2. The van der Waals surface area contributed by atoms with Crippen molar-refractivity contribution in [1.82, 2.24) is 24.9 Å². The summed E-state index contributed by atoms with van der Waals surface area (Å²) in [4.78, 5) is 19.7. The van der Waals surface area contributed by atoms with Crippen molar-refractivity contribution in [3.63, 3.8) is 0 Å². The quantitative estimate of drug-likeness (QED) is 0.318. The van der Waals surface area contributed by atoms with E-state index in [-0.39, 0.29) is 33.8 Å². The molecule has 1 N–H and O–H groups in total. The second kappa shape index (κ2) is 9.11. The highest BCUT2D eigenvalue weighted by Gasteiger charge is 2.17. The molecule has 5 rings (SSSR count). The van der Waals surface area contributed by atoms with Gasteiger partial charge in [-0.25, -0.2) is 23.4 Å². The Hall–Kier alpha value is -4.38. The van der Waals surface area contributed by atoms with Crippen molar-refractivity contribution in [3.8, 4) is 34.5 Å². The van der Waals surface area contributed by atoms with Crippen molar-refractivity contribution in [3.05, 3.63) is 79.1 Å². The first-order valence-corrected chi connectivity index (χ1v) is 12.2. The van der Waals surface area contributed by atoms with Crippen LogP contribution >= 0.6 is 0 Å². The Labute approximate surface area is 199 Å². The van der Waals surface area contributed by atoms with E-state index in [4.69, 9.17) is 9.47 Å². The number of nitrogens with zero attached hydrogens (tertiary/aromatic N) is 4. The number of halogens is 1. The third-order valence-electron chi connectivity index (χ3n) is 5.04. The Kier molecular flexibility index (Phi) is 5.83. The molecule has 0 aliphatic carbocycles. The van der Waals surface area contributed by atoms with Gasteiger partial charge >= 0.3 is 0 Å².